The minimum absolute atomic E-state index is 0.125. The van der Waals surface area contributed by atoms with Crippen molar-refractivity contribution in [3.63, 3.8) is 0 Å². The molecule has 0 spiro atoms. The van der Waals surface area contributed by atoms with Gasteiger partial charge in [-0.25, -0.2) is 0 Å². The third-order valence-corrected chi connectivity index (χ3v) is 3.62. The molecule has 0 atom stereocenters. The Morgan fingerprint density at radius 3 is 2.41 bits per heavy atom. The topological polar surface area (TPSA) is 50.4 Å². The Morgan fingerprint density at radius 1 is 1.24 bits per heavy atom. The van der Waals surface area contributed by atoms with Crippen molar-refractivity contribution in [2.24, 2.45) is 11.8 Å². The van der Waals surface area contributed by atoms with Gasteiger partial charge in [-0.05, 0) is 37.5 Å². The van der Waals surface area contributed by atoms with Gasteiger partial charge in [0.15, 0.2) is 0 Å². The molecule has 98 valence electrons. The van der Waals surface area contributed by atoms with E-state index in [2.05, 4.69) is 10.6 Å². The smallest absolute Gasteiger partial charge is 0.221 e. The Balaban J connectivity index is 1.53. The van der Waals surface area contributed by atoms with Gasteiger partial charge in [0.05, 0.1) is 6.61 Å². The van der Waals surface area contributed by atoms with Gasteiger partial charge in [-0.3, -0.25) is 4.79 Å². The van der Waals surface area contributed by atoms with Gasteiger partial charge in [0.2, 0.25) is 5.91 Å². The monoisotopic (exact) mass is 240 g/mol. The third-order valence-electron chi connectivity index (χ3n) is 3.62. The number of rotatable bonds is 9. The summed E-state index contributed by atoms with van der Waals surface area (Å²) in [7, 11) is 1.64. The molecule has 0 aromatic rings. The fourth-order valence-corrected chi connectivity index (χ4v) is 2.36. The van der Waals surface area contributed by atoms with E-state index in [1.165, 1.54) is 25.7 Å². The molecule has 2 aliphatic carbocycles. The van der Waals surface area contributed by atoms with Gasteiger partial charge >= 0.3 is 0 Å². The molecule has 4 nitrogen and oxygen atoms in total. The van der Waals surface area contributed by atoms with Crippen LogP contribution in [0.4, 0.5) is 0 Å². The summed E-state index contributed by atoms with van der Waals surface area (Å²) in [5, 5.41) is 6.42. The summed E-state index contributed by atoms with van der Waals surface area (Å²) in [6, 6.07) is 0.696. The van der Waals surface area contributed by atoms with E-state index in [-0.39, 0.29) is 5.91 Å². The summed E-state index contributed by atoms with van der Waals surface area (Å²) in [6.07, 6.45) is 6.12. The summed E-state index contributed by atoms with van der Waals surface area (Å²) in [4.78, 5) is 11.5. The lowest BCUT2D eigenvalue weighted by Gasteiger charge is -2.17. The van der Waals surface area contributed by atoms with Crippen molar-refractivity contribution in [1.82, 2.24) is 10.6 Å². The number of carbonyl (C=O) groups excluding carboxylic acids is 1. The number of amides is 1. The average Bonchev–Trinajstić information content (AvgIpc) is 3.16. The maximum absolute atomic E-state index is 11.5. The summed E-state index contributed by atoms with van der Waals surface area (Å²) in [5.41, 5.74) is 0. The largest absolute Gasteiger partial charge is 0.383 e. The van der Waals surface area contributed by atoms with Crippen LogP contribution in [0.25, 0.3) is 0 Å². The van der Waals surface area contributed by atoms with Gasteiger partial charge in [0, 0.05) is 32.7 Å². The third kappa shape index (κ3) is 4.64. The number of hydrogen-bond acceptors (Lipinski definition) is 3. The summed E-state index contributed by atoms with van der Waals surface area (Å²) < 4.78 is 4.88. The molecule has 17 heavy (non-hydrogen) atoms. The van der Waals surface area contributed by atoms with E-state index in [9.17, 15) is 4.79 Å². The van der Waals surface area contributed by atoms with Gasteiger partial charge in [-0.2, -0.15) is 0 Å². The van der Waals surface area contributed by atoms with Crippen LogP contribution >= 0.6 is 0 Å². The molecule has 0 aromatic heterocycles. The summed E-state index contributed by atoms with van der Waals surface area (Å²) in [5.74, 6) is 1.93. The van der Waals surface area contributed by atoms with Gasteiger partial charge in [-0.1, -0.05) is 0 Å². The van der Waals surface area contributed by atoms with Gasteiger partial charge in [-0.15, -0.1) is 0 Å². The summed E-state index contributed by atoms with van der Waals surface area (Å²) in [6.45, 7) is 2.02. The van der Waals surface area contributed by atoms with E-state index in [4.69, 9.17) is 4.74 Å². The Morgan fingerprint density at radius 2 is 1.88 bits per heavy atom. The fourth-order valence-electron chi connectivity index (χ4n) is 2.36. The van der Waals surface area contributed by atoms with Crippen molar-refractivity contribution in [2.75, 3.05) is 26.8 Å². The molecule has 1 amide bonds. The van der Waals surface area contributed by atoms with Crippen LogP contribution in [-0.2, 0) is 9.53 Å². The molecule has 0 aliphatic heterocycles. The first-order valence-corrected chi connectivity index (χ1v) is 6.80. The van der Waals surface area contributed by atoms with Gasteiger partial charge < -0.3 is 15.4 Å². The van der Waals surface area contributed by atoms with Crippen LogP contribution in [0.2, 0.25) is 0 Å². The molecule has 2 fully saturated rings. The van der Waals surface area contributed by atoms with Crippen molar-refractivity contribution in [3.05, 3.63) is 0 Å². The number of methoxy groups -OCH3 is 1. The maximum atomic E-state index is 11.5. The standard InChI is InChI=1S/C13H24N2O2/c1-17-9-8-14-12(16)6-7-15-13(10-2-3-10)11-4-5-11/h10-11,13,15H,2-9H2,1H3,(H,14,16). The van der Waals surface area contributed by atoms with Gasteiger partial charge in [0.1, 0.15) is 0 Å². The zero-order chi connectivity index (χ0) is 12.1. The molecule has 0 heterocycles. The van der Waals surface area contributed by atoms with E-state index < -0.39 is 0 Å². The number of hydrogen-bond donors (Lipinski definition) is 2. The molecule has 2 saturated carbocycles. The first kappa shape index (κ1) is 12.8. The van der Waals surface area contributed by atoms with Crippen molar-refractivity contribution in [1.29, 1.82) is 0 Å². The fraction of sp³-hybridized carbons (Fsp3) is 0.923. The minimum Gasteiger partial charge on any atom is -0.383 e. The van der Waals surface area contributed by atoms with Crippen LogP contribution in [0.3, 0.4) is 0 Å². The number of carbonyl (C=O) groups is 1. The van der Waals surface area contributed by atoms with Gasteiger partial charge in [0.25, 0.3) is 0 Å². The van der Waals surface area contributed by atoms with Crippen LogP contribution in [0.15, 0.2) is 0 Å². The first-order chi connectivity index (χ1) is 8.31. The summed E-state index contributed by atoms with van der Waals surface area (Å²) >= 11 is 0. The highest BCUT2D eigenvalue weighted by molar-refractivity contribution is 5.76. The van der Waals surface area contributed by atoms with Crippen molar-refractivity contribution in [3.8, 4) is 0 Å². The van der Waals surface area contributed by atoms with Crippen LogP contribution in [0.5, 0.6) is 0 Å². The quantitative estimate of drug-likeness (QED) is 0.589. The zero-order valence-electron chi connectivity index (χ0n) is 10.7. The SMILES string of the molecule is COCCNC(=O)CCNC(C1CC1)C1CC1. The van der Waals surface area contributed by atoms with E-state index in [1.807, 2.05) is 0 Å². The van der Waals surface area contributed by atoms with Crippen LogP contribution in [0.1, 0.15) is 32.1 Å². The minimum atomic E-state index is 0.125. The second-order valence-electron chi connectivity index (χ2n) is 5.25. The molecule has 0 bridgehead atoms. The molecule has 4 heteroatoms. The highest BCUT2D eigenvalue weighted by Gasteiger charge is 2.40. The Labute approximate surface area is 103 Å². The molecule has 2 aliphatic rings. The lowest BCUT2D eigenvalue weighted by Crippen LogP contribution is -2.36. The normalized spacial score (nSPS) is 19.6. The second kappa shape index (κ2) is 6.36. The molecule has 0 saturated heterocycles. The molecule has 0 radical (unpaired) electrons. The highest BCUT2D eigenvalue weighted by atomic mass is 16.5. The van der Waals surface area contributed by atoms with E-state index in [0.29, 0.717) is 25.6 Å². The van der Waals surface area contributed by atoms with E-state index in [1.54, 1.807) is 7.11 Å². The molecule has 2 rings (SSSR count). The molecular formula is C13H24N2O2. The lowest BCUT2D eigenvalue weighted by molar-refractivity contribution is -0.121. The van der Waals surface area contributed by atoms with Crippen molar-refractivity contribution >= 4 is 5.91 Å². The van der Waals surface area contributed by atoms with Crippen molar-refractivity contribution in [2.45, 2.75) is 38.1 Å². The van der Waals surface area contributed by atoms with Crippen molar-refractivity contribution < 1.29 is 9.53 Å². The Kier molecular flexibility index (Phi) is 4.80. The van der Waals surface area contributed by atoms with Crippen LogP contribution in [0, 0.1) is 11.8 Å². The number of nitrogens with one attached hydrogen (secondary N) is 2. The number of ether oxygens (including phenoxy) is 1. The molecule has 2 N–H and O–H groups in total. The highest BCUT2D eigenvalue weighted by Crippen LogP contribution is 2.44. The Bertz CT molecular complexity index is 238. The molecular weight excluding hydrogens is 216 g/mol. The molecule has 0 unspecified atom stereocenters. The average molecular weight is 240 g/mol. The second-order valence-corrected chi connectivity index (χ2v) is 5.25. The Hall–Kier alpha value is -0.610. The predicted octanol–water partition coefficient (Wildman–Crippen LogP) is 0.917. The maximum Gasteiger partial charge on any atom is 0.221 e. The predicted molar refractivity (Wildman–Crippen MR) is 66.7 cm³/mol. The van der Waals surface area contributed by atoms with Crippen LogP contribution in [-0.4, -0.2) is 38.8 Å². The first-order valence-electron chi connectivity index (χ1n) is 6.80. The lowest BCUT2D eigenvalue weighted by atomic mass is 10.1. The molecule has 0 aromatic carbocycles. The van der Waals surface area contributed by atoms with E-state index >= 15 is 0 Å². The van der Waals surface area contributed by atoms with E-state index in [0.717, 1.165) is 18.4 Å². The zero-order valence-corrected chi connectivity index (χ0v) is 10.7. The van der Waals surface area contributed by atoms with Crippen LogP contribution < -0.4 is 10.6 Å².